The van der Waals surface area contributed by atoms with Crippen molar-refractivity contribution < 1.29 is 19.1 Å². The largest absolute Gasteiger partial charge is 0.493 e. The number of benzene rings is 2. The molecule has 2 fully saturated rings. The Hall–Kier alpha value is -2.86. The molecule has 1 unspecified atom stereocenters. The minimum atomic E-state index is 0.0387. The summed E-state index contributed by atoms with van der Waals surface area (Å²) in [5.41, 5.74) is 1.88. The zero-order chi connectivity index (χ0) is 22.2. The van der Waals surface area contributed by atoms with E-state index in [-0.39, 0.29) is 11.8 Å². The molecule has 2 amide bonds. The molecule has 2 saturated heterocycles. The lowest BCUT2D eigenvalue weighted by Crippen LogP contribution is -2.41. The molecule has 2 aliphatic rings. The number of likely N-dealkylation sites (tertiary alicyclic amines) is 1. The van der Waals surface area contributed by atoms with Crippen molar-refractivity contribution in [2.24, 2.45) is 5.92 Å². The summed E-state index contributed by atoms with van der Waals surface area (Å²) in [6, 6.07) is 17.5. The SMILES string of the molecule is O=C(CCc1ccccc1)N1CCCC(COc2ccc(C(=O)N3CCOCC3)cc2)C1. The van der Waals surface area contributed by atoms with Gasteiger partial charge in [-0.15, -0.1) is 0 Å². The summed E-state index contributed by atoms with van der Waals surface area (Å²) in [6.45, 7) is 4.64. The molecular formula is C26H32N2O4. The van der Waals surface area contributed by atoms with Crippen LogP contribution in [0, 0.1) is 5.92 Å². The fraction of sp³-hybridized carbons (Fsp3) is 0.462. The highest BCUT2D eigenvalue weighted by Gasteiger charge is 2.24. The second kappa shape index (κ2) is 11.1. The Morgan fingerprint density at radius 1 is 0.938 bits per heavy atom. The van der Waals surface area contributed by atoms with Crippen LogP contribution in [-0.4, -0.2) is 67.6 Å². The average Bonchev–Trinajstić information content (AvgIpc) is 2.87. The third-order valence-electron chi connectivity index (χ3n) is 6.23. The zero-order valence-corrected chi connectivity index (χ0v) is 18.6. The van der Waals surface area contributed by atoms with Crippen LogP contribution in [0.5, 0.6) is 5.75 Å². The first kappa shape index (κ1) is 22.3. The molecule has 0 saturated carbocycles. The quantitative estimate of drug-likeness (QED) is 0.668. The van der Waals surface area contributed by atoms with Gasteiger partial charge in [0.05, 0.1) is 19.8 Å². The van der Waals surface area contributed by atoms with E-state index in [1.807, 2.05) is 52.3 Å². The van der Waals surface area contributed by atoms with Gasteiger partial charge in [0.25, 0.3) is 5.91 Å². The summed E-state index contributed by atoms with van der Waals surface area (Å²) in [4.78, 5) is 29.0. The minimum Gasteiger partial charge on any atom is -0.493 e. The van der Waals surface area contributed by atoms with Crippen LogP contribution in [0.1, 0.15) is 35.2 Å². The van der Waals surface area contributed by atoms with E-state index < -0.39 is 0 Å². The van der Waals surface area contributed by atoms with Gasteiger partial charge >= 0.3 is 0 Å². The molecule has 6 nitrogen and oxygen atoms in total. The van der Waals surface area contributed by atoms with E-state index in [0.717, 1.165) is 38.1 Å². The monoisotopic (exact) mass is 436 g/mol. The summed E-state index contributed by atoms with van der Waals surface area (Å²) in [5.74, 6) is 1.36. The van der Waals surface area contributed by atoms with Crippen LogP contribution in [0.15, 0.2) is 54.6 Å². The first-order valence-electron chi connectivity index (χ1n) is 11.6. The Morgan fingerprint density at radius 2 is 1.69 bits per heavy atom. The summed E-state index contributed by atoms with van der Waals surface area (Å²) < 4.78 is 11.3. The fourth-order valence-electron chi connectivity index (χ4n) is 4.34. The summed E-state index contributed by atoms with van der Waals surface area (Å²) in [7, 11) is 0. The molecule has 6 heteroatoms. The normalized spacial score (nSPS) is 18.9. The number of ether oxygens (including phenoxy) is 2. The van der Waals surface area contributed by atoms with Crippen molar-refractivity contribution >= 4 is 11.8 Å². The van der Waals surface area contributed by atoms with Gasteiger partial charge in [0.15, 0.2) is 0 Å². The lowest BCUT2D eigenvalue weighted by molar-refractivity contribution is -0.133. The van der Waals surface area contributed by atoms with Crippen LogP contribution in [0.2, 0.25) is 0 Å². The highest BCUT2D eigenvalue weighted by Crippen LogP contribution is 2.21. The first-order valence-corrected chi connectivity index (χ1v) is 11.6. The van der Waals surface area contributed by atoms with Gasteiger partial charge in [0.2, 0.25) is 5.91 Å². The Labute approximate surface area is 190 Å². The minimum absolute atomic E-state index is 0.0387. The molecule has 0 aliphatic carbocycles. The number of aryl methyl sites for hydroxylation is 1. The van der Waals surface area contributed by atoms with Gasteiger partial charge in [-0.05, 0) is 49.1 Å². The maximum Gasteiger partial charge on any atom is 0.254 e. The number of hydrogen-bond donors (Lipinski definition) is 0. The molecule has 0 N–H and O–H groups in total. The molecule has 2 aliphatic heterocycles. The average molecular weight is 437 g/mol. The smallest absolute Gasteiger partial charge is 0.254 e. The van der Waals surface area contributed by atoms with E-state index in [4.69, 9.17) is 9.47 Å². The van der Waals surface area contributed by atoms with E-state index in [0.29, 0.717) is 50.8 Å². The fourth-order valence-corrected chi connectivity index (χ4v) is 4.34. The molecule has 0 radical (unpaired) electrons. The lowest BCUT2D eigenvalue weighted by atomic mass is 9.98. The third-order valence-corrected chi connectivity index (χ3v) is 6.23. The van der Waals surface area contributed by atoms with Crippen LogP contribution < -0.4 is 4.74 Å². The Bertz CT molecular complexity index is 878. The van der Waals surface area contributed by atoms with E-state index in [1.165, 1.54) is 5.56 Å². The molecule has 0 bridgehead atoms. The molecule has 2 aromatic carbocycles. The molecule has 0 spiro atoms. The van der Waals surface area contributed by atoms with E-state index in [9.17, 15) is 9.59 Å². The topological polar surface area (TPSA) is 59.1 Å². The van der Waals surface area contributed by atoms with E-state index in [2.05, 4.69) is 12.1 Å². The maximum atomic E-state index is 12.7. The number of carbonyl (C=O) groups excluding carboxylic acids is 2. The number of hydrogen-bond acceptors (Lipinski definition) is 4. The highest BCUT2D eigenvalue weighted by molar-refractivity contribution is 5.94. The number of rotatable bonds is 7. The number of carbonyl (C=O) groups is 2. The van der Waals surface area contributed by atoms with Crippen LogP contribution in [-0.2, 0) is 16.0 Å². The van der Waals surface area contributed by atoms with Crippen molar-refractivity contribution in [3.05, 3.63) is 65.7 Å². The van der Waals surface area contributed by atoms with Gasteiger partial charge in [0, 0.05) is 44.1 Å². The first-order chi connectivity index (χ1) is 15.7. The number of amides is 2. The van der Waals surface area contributed by atoms with Crippen LogP contribution in [0.3, 0.4) is 0 Å². The number of nitrogens with zero attached hydrogens (tertiary/aromatic N) is 2. The van der Waals surface area contributed by atoms with Gasteiger partial charge in [-0.2, -0.15) is 0 Å². The zero-order valence-electron chi connectivity index (χ0n) is 18.6. The Balaban J connectivity index is 1.22. The van der Waals surface area contributed by atoms with Crippen molar-refractivity contribution in [1.82, 2.24) is 9.80 Å². The van der Waals surface area contributed by atoms with Gasteiger partial charge < -0.3 is 19.3 Å². The van der Waals surface area contributed by atoms with E-state index in [1.54, 1.807) is 0 Å². The molecular weight excluding hydrogens is 404 g/mol. The predicted molar refractivity (Wildman–Crippen MR) is 123 cm³/mol. The van der Waals surface area contributed by atoms with Crippen molar-refractivity contribution in [1.29, 1.82) is 0 Å². The van der Waals surface area contributed by atoms with Gasteiger partial charge in [-0.1, -0.05) is 30.3 Å². The van der Waals surface area contributed by atoms with Crippen molar-refractivity contribution in [3.8, 4) is 5.75 Å². The molecule has 0 aromatic heterocycles. The summed E-state index contributed by atoms with van der Waals surface area (Å²) in [6.07, 6.45) is 3.41. The third kappa shape index (κ3) is 6.10. The van der Waals surface area contributed by atoms with Gasteiger partial charge in [-0.3, -0.25) is 9.59 Å². The molecule has 1 atom stereocenters. The Morgan fingerprint density at radius 3 is 2.44 bits per heavy atom. The highest BCUT2D eigenvalue weighted by atomic mass is 16.5. The van der Waals surface area contributed by atoms with E-state index >= 15 is 0 Å². The number of morpholine rings is 1. The molecule has 32 heavy (non-hydrogen) atoms. The molecule has 170 valence electrons. The van der Waals surface area contributed by atoms with Gasteiger partial charge in [0.1, 0.15) is 5.75 Å². The second-order valence-electron chi connectivity index (χ2n) is 8.57. The van der Waals surface area contributed by atoms with Crippen molar-refractivity contribution in [3.63, 3.8) is 0 Å². The van der Waals surface area contributed by atoms with Crippen LogP contribution in [0.4, 0.5) is 0 Å². The standard InChI is InChI=1S/C26H32N2O4/c29-25(13-8-21-5-2-1-3-6-21)28-14-4-7-22(19-28)20-32-24-11-9-23(10-12-24)26(30)27-15-17-31-18-16-27/h1-3,5-6,9-12,22H,4,7-8,13-20H2. The molecule has 2 heterocycles. The maximum absolute atomic E-state index is 12.7. The predicted octanol–water partition coefficient (Wildman–Crippen LogP) is 3.41. The lowest BCUT2D eigenvalue weighted by Gasteiger charge is -2.32. The molecule has 4 rings (SSSR count). The van der Waals surface area contributed by atoms with Crippen LogP contribution in [0.25, 0.3) is 0 Å². The van der Waals surface area contributed by atoms with Crippen molar-refractivity contribution in [2.45, 2.75) is 25.7 Å². The van der Waals surface area contributed by atoms with Crippen LogP contribution >= 0.6 is 0 Å². The second-order valence-corrected chi connectivity index (χ2v) is 8.57. The summed E-state index contributed by atoms with van der Waals surface area (Å²) in [5, 5.41) is 0. The van der Waals surface area contributed by atoms with Gasteiger partial charge in [-0.25, -0.2) is 0 Å². The van der Waals surface area contributed by atoms with Crippen molar-refractivity contribution in [2.75, 3.05) is 46.0 Å². The Kier molecular flexibility index (Phi) is 7.77. The summed E-state index contributed by atoms with van der Waals surface area (Å²) >= 11 is 0. The molecule has 2 aromatic rings. The number of piperidine rings is 1.